The molecule has 6 nitrogen and oxygen atoms in total. The maximum atomic E-state index is 12.1. The fourth-order valence-corrected chi connectivity index (χ4v) is 1.99. The molecular weight excluding hydrogens is 282 g/mol. The van der Waals surface area contributed by atoms with Crippen molar-refractivity contribution >= 4 is 23.1 Å². The molecular formula is C16H17N3O3. The molecule has 2 amide bonds. The lowest BCUT2D eigenvalue weighted by atomic mass is 10.1. The Labute approximate surface area is 128 Å². The maximum absolute atomic E-state index is 12.1. The van der Waals surface area contributed by atoms with E-state index in [1.807, 2.05) is 6.07 Å². The molecule has 0 bridgehead atoms. The Morgan fingerprint density at radius 1 is 1.05 bits per heavy atom. The first-order chi connectivity index (χ1) is 10.7. The van der Waals surface area contributed by atoms with Crippen molar-refractivity contribution in [3.8, 4) is 5.75 Å². The van der Waals surface area contributed by atoms with Gasteiger partial charge in [0.05, 0.1) is 24.2 Å². The fourth-order valence-electron chi connectivity index (χ4n) is 1.99. The summed E-state index contributed by atoms with van der Waals surface area (Å²) in [6.07, 6.45) is 0. The number of hydrogen-bond donors (Lipinski definition) is 3. The van der Waals surface area contributed by atoms with Crippen LogP contribution in [0.25, 0.3) is 0 Å². The van der Waals surface area contributed by atoms with Crippen molar-refractivity contribution in [2.75, 3.05) is 17.7 Å². The fraction of sp³-hybridized carbons (Fsp3) is 0.125. The number of ether oxygens (including phenoxy) is 1. The van der Waals surface area contributed by atoms with Crippen molar-refractivity contribution in [2.24, 2.45) is 5.16 Å². The lowest BCUT2D eigenvalue weighted by Gasteiger charge is -2.13. The van der Waals surface area contributed by atoms with E-state index in [-0.39, 0.29) is 0 Å². The molecule has 2 aromatic carbocycles. The van der Waals surface area contributed by atoms with Gasteiger partial charge >= 0.3 is 6.03 Å². The highest BCUT2D eigenvalue weighted by Crippen LogP contribution is 2.23. The Kier molecular flexibility index (Phi) is 4.98. The number of benzene rings is 2. The van der Waals surface area contributed by atoms with Crippen LogP contribution in [0.2, 0.25) is 0 Å². The van der Waals surface area contributed by atoms with E-state index in [1.165, 1.54) is 7.11 Å². The minimum atomic E-state index is -0.414. The third-order valence-electron chi connectivity index (χ3n) is 3.07. The van der Waals surface area contributed by atoms with Gasteiger partial charge in [0, 0.05) is 5.56 Å². The zero-order valence-electron chi connectivity index (χ0n) is 12.3. The number of hydrogen-bond acceptors (Lipinski definition) is 4. The summed E-state index contributed by atoms with van der Waals surface area (Å²) < 4.78 is 5.18. The molecule has 0 atom stereocenters. The molecule has 114 valence electrons. The molecule has 0 saturated heterocycles. The second kappa shape index (κ2) is 7.12. The Hall–Kier alpha value is -3.02. The second-order valence-corrected chi connectivity index (χ2v) is 4.51. The first-order valence-electron chi connectivity index (χ1n) is 6.64. The average Bonchev–Trinajstić information content (AvgIpc) is 2.55. The third kappa shape index (κ3) is 3.54. The number of oxime groups is 1. The summed E-state index contributed by atoms with van der Waals surface area (Å²) in [6, 6.07) is 13.8. The predicted molar refractivity (Wildman–Crippen MR) is 86.1 cm³/mol. The number of nitrogens with one attached hydrogen (secondary N) is 2. The molecule has 0 aliphatic carbocycles. The number of amides is 2. The topological polar surface area (TPSA) is 83.0 Å². The number of carbonyl (C=O) groups excluding carboxylic acids is 1. The van der Waals surface area contributed by atoms with Crippen LogP contribution in [0.3, 0.4) is 0 Å². The summed E-state index contributed by atoms with van der Waals surface area (Å²) >= 11 is 0. The van der Waals surface area contributed by atoms with Gasteiger partial charge in [-0.1, -0.05) is 35.5 Å². The average molecular weight is 299 g/mol. The summed E-state index contributed by atoms with van der Waals surface area (Å²) in [4.78, 5) is 12.1. The number of methoxy groups -OCH3 is 1. The summed E-state index contributed by atoms with van der Waals surface area (Å²) in [5, 5.41) is 17.5. The normalized spacial score (nSPS) is 10.9. The second-order valence-electron chi connectivity index (χ2n) is 4.51. The minimum Gasteiger partial charge on any atom is -0.495 e. The van der Waals surface area contributed by atoms with Crippen LogP contribution >= 0.6 is 0 Å². The molecule has 0 saturated carbocycles. The molecule has 22 heavy (non-hydrogen) atoms. The Morgan fingerprint density at radius 3 is 2.32 bits per heavy atom. The van der Waals surface area contributed by atoms with Crippen LogP contribution in [0.5, 0.6) is 5.75 Å². The molecule has 0 unspecified atom stereocenters. The van der Waals surface area contributed by atoms with Gasteiger partial charge in [-0.2, -0.15) is 0 Å². The molecule has 0 aliphatic heterocycles. The smallest absolute Gasteiger partial charge is 0.323 e. The predicted octanol–water partition coefficient (Wildman–Crippen LogP) is 3.54. The van der Waals surface area contributed by atoms with Crippen LogP contribution in [0.1, 0.15) is 12.5 Å². The molecule has 0 fully saturated rings. The first kappa shape index (κ1) is 15.4. The third-order valence-corrected chi connectivity index (χ3v) is 3.07. The van der Waals surface area contributed by atoms with Crippen LogP contribution in [-0.2, 0) is 0 Å². The van der Waals surface area contributed by atoms with E-state index >= 15 is 0 Å². The summed E-state index contributed by atoms with van der Waals surface area (Å²) in [5.74, 6) is 0.569. The highest BCUT2D eigenvalue weighted by atomic mass is 16.5. The molecule has 0 heterocycles. The van der Waals surface area contributed by atoms with Crippen LogP contribution in [0.4, 0.5) is 16.2 Å². The van der Waals surface area contributed by atoms with Crippen molar-refractivity contribution in [1.82, 2.24) is 0 Å². The Bertz CT molecular complexity index is 699. The van der Waals surface area contributed by atoms with Crippen molar-refractivity contribution < 1.29 is 14.7 Å². The van der Waals surface area contributed by atoms with Gasteiger partial charge in [0.25, 0.3) is 0 Å². The number of carbonyl (C=O) groups is 1. The summed E-state index contributed by atoms with van der Waals surface area (Å²) in [6.45, 7) is 1.65. The van der Waals surface area contributed by atoms with Crippen molar-refractivity contribution in [1.29, 1.82) is 0 Å². The molecule has 0 spiro atoms. The Balaban J connectivity index is 2.16. The van der Waals surface area contributed by atoms with E-state index < -0.39 is 6.03 Å². The molecule has 0 radical (unpaired) electrons. The highest BCUT2D eigenvalue weighted by molar-refractivity contribution is 6.08. The quantitative estimate of drug-likeness (QED) is 0.459. The van der Waals surface area contributed by atoms with E-state index in [1.54, 1.807) is 49.4 Å². The summed E-state index contributed by atoms with van der Waals surface area (Å²) in [5.41, 5.74) is 2.16. The van der Waals surface area contributed by atoms with E-state index in [4.69, 9.17) is 9.94 Å². The van der Waals surface area contributed by atoms with Crippen LogP contribution in [0, 0.1) is 0 Å². The van der Waals surface area contributed by atoms with Gasteiger partial charge < -0.3 is 20.6 Å². The number of para-hydroxylation sites is 3. The number of nitrogens with zero attached hydrogens (tertiary/aromatic N) is 1. The SMILES string of the molecule is COc1ccccc1NC(=O)Nc1ccccc1/C(C)=N/O. The molecule has 2 rings (SSSR count). The standard InChI is InChI=1S/C16H17N3O3/c1-11(19-21)12-7-3-4-8-13(12)17-16(20)18-14-9-5-6-10-15(14)22-2/h3-10,21H,1-2H3,(H2,17,18,20)/b19-11+. The maximum Gasteiger partial charge on any atom is 0.323 e. The Morgan fingerprint density at radius 2 is 1.64 bits per heavy atom. The summed E-state index contributed by atoms with van der Waals surface area (Å²) in [7, 11) is 1.54. The number of urea groups is 1. The molecule has 0 aliphatic rings. The lowest BCUT2D eigenvalue weighted by molar-refractivity contribution is 0.262. The number of rotatable bonds is 4. The van der Waals surface area contributed by atoms with Crippen molar-refractivity contribution in [3.05, 3.63) is 54.1 Å². The van der Waals surface area contributed by atoms with Gasteiger partial charge in [0.1, 0.15) is 5.75 Å². The zero-order valence-corrected chi connectivity index (χ0v) is 12.3. The van der Waals surface area contributed by atoms with Crippen LogP contribution < -0.4 is 15.4 Å². The number of anilines is 2. The van der Waals surface area contributed by atoms with E-state index in [9.17, 15) is 4.79 Å². The van der Waals surface area contributed by atoms with Crippen LogP contribution in [-0.4, -0.2) is 24.1 Å². The highest BCUT2D eigenvalue weighted by Gasteiger charge is 2.10. The van der Waals surface area contributed by atoms with E-state index in [0.29, 0.717) is 28.4 Å². The molecule has 0 aromatic heterocycles. The van der Waals surface area contributed by atoms with Gasteiger partial charge in [0.2, 0.25) is 0 Å². The minimum absolute atomic E-state index is 0.410. The molecule has 3 N–H and O–H groups in total. The molecule has 6 heteroatoms. The zero-order chi connectivity index (χ0) is 15.9. The van der Waals surface area contributed by atoms with Crippen LogP contribution in [0.15, 0.2) is 53.7 Å². The van der Waals surface area contributed by atoms with Gasteiger partial charge in [-0.25, -0.2) is 4.79 Å². The monoisotopic (exact) mass is 299 g/mol. The van der Waals surface area contributed by atoms with Gasteiger partial charge in [-0.05, 0) is 25.1 Å². The van der Waals surface area contributed by atoms with Gasteiger partial charge in [-0.15, -0.1) is 0 Å². The lowest BCUT2D eigenvalue weighted by Crippen LogP contribution is -2.21. The van der Waals surface area contributed by atoms with Crippen molar-refractivity contribution in [3.63, 3.8) is 0 Å². The first-order valence-corrected chi connectivity index (χ1v) is 6.64. The van der Waals surface area contributed by atoms with Gasteiger partial charge in [0.15, 0.2) is 0 Å². The van der Waals surface area contributed by atoms with Crippen molar-refractivity contribution in [2.45, 2.75) is 6.92 Å². The van der Waals surface area contributed by atoms with E-state index in [2.05, 4.69) is 15.8 Å². The van der Waals surface area contributed by atoms with Gasteiger partial charge in [-0.3, -0.25) is 0 Å². The largest absolute Gasteiger partial charge is 0.495 e. The molecule has 2 aromatic rings. The van der Waals surface area contributed by atoms with E-state index in [0.717, 1.165) is 0 Å².